The maximum absolute atomic E-state index is 13.6. The van der Waals surface area contributed by atoms with Crippen LogP contribution in [0.4, 0.5) is 0 Å². The van der Waals surface area contributed by atoms with E-state index in [2.05, 4.69) is 5.32 Å². The molecule has 0 bridgehead atoms. The number of esters is 2. The summed E-state index contributed by atoms with van der Waals surface area (Å²) in [5.74, 6) is 0.0172. The Labute approximate surface area is 217 Å². The van der Waals surface area contributed by atoms with E-state index in [1.165, 1.54) is 4.90 Å². The fourth-order valence-electron chi connectivity index (χ4n) is 4.00. The van der Waals surface area contributed by atoms with Gasteiger partial charge in [-0.1, -0.05) is 30.3 Å². The first kappa shape index (κ1) is 27.8. The quantitative estimate of drug-likeness (QED) is 0.477. The fraction of sp³-hybridized carbons (Fsp3) is 0.519. The van der Waals surface area contributed by atoms with Gasteiger partial charge in [0.15, 0.2) is 0 Å². The molecule has 1 aromatic carbocycles. The molecule has 0 radical (unpaired) electrons. The molecule has 9 heteroatoms. The molecule has 1 aliphatic rings. The van der Waals surface area contributed by atoms with Gasteiger partial charge in [0.25, 0.3) is 0 Å². The zero-order chi connectivity index (χ0) is 26.1. The molecule has 2 heterocycles. The lowest BCUT2D eigenvalue weighted by Gasteiger charge is -2.28. The number of amides is 1. The van der Waals surface area contributed by atoms with Gasteiger partial charge in [-0.25, -0.2) is 0 Å². The van der Waals surface area contributed by atoms with Crippen molar-refractivity contribution < 1.29 is 28.3 Å². The number of furan rings is 1. The van der Waals surface area contributed by atoms with E-state index in [-0.39, 0.29) is 24.3 Å². The van der Waals surface area contributed by atoms with E-state index in [0.717, 1.165) is 11.3 Å². The summed E-state index contributed by atoms with van der Waals surface area (Å²) in [5.41, 5.74) is 0.435. The highest BCUT2D eigenvalue weighted by atomic mass is 32.2. The number of nitrogens with zero attached hydrogens (tertiary/aromatic N) is 1. The second-order valence-corrected chi connectivity index (χ2v) is 10.9. The maximum atomic E-state index is 13.6. The number of hydrogen-bond donors (Lipinski definition) is 1. The minimum absolute atomic E-state index is 0.149. The third-order valence-corrected chi connectivity index (χ3v) is 6.91. The highest BCUT2D eigenvalue weighted by Crippen LogP contribution is 2.33. The zero-order valence-electron chi connectivity index (χ0n) is 21.4. The number of hydrogen-bond acceptors (Lipinski definition) is 8. The van der Waals surface area contributed by atoms with Crippen LogP contribution in [-0.4, -0.2) is 65.9 Å². The highest BCUT2D eigenvalue weighted by molar-refractivity contribution is 7.99. The Bertz CT molecular complexity index is 989. The number of rotatable bonds is 10. The summed E-state index contributed by atoms with van der Waals surface area (Å²) in [5, 5.41) is 3.10. The predicted octanol–water partition coefficient (Wildman–Crippen LogP) is 3.76. The van der Waals surface area contributed by atoms with Crippen LogP contribution in [-0.2, 0) is 30.3 Å². The van der Waals surface area contributed by atoms with Crippen molar-refractivity contribution in [1.29, 1.82) is 0 Å². The molecule has 1 saturated heterocycles. The molecule has 1 aliphatic heterocycles. The van der Waals surface area contributed by atoms with Crippen molar-refractivity contribution in [2.24, 2.45) is 0 Å². The minimum atomic E-state index is -0.678. The average molecular weight is 517 g/mol. The van der Waals surface area contributed by atoms with Gasteiger partial charge in [0.2, 0.25) is 5.91 Å². The smallest absolute Gasteiger partial charge is 0.326 e. The first-order valence-corrected chi connectivity index (χ1v) is 13.3. The molecule has 1 amide bonds. The molecular formula is C27H36N2O6S. The van der Waals surface area contributed by atoms with Crippen LogP contribution in [0.15, 0.2) is 53.1 Å². The summed E-state index contributed by atoms with van der Waals surface area (Å²) >= 11 is 1.56. The number of aryl methyl sites for hydroxylation is 1. The summed E-state index contributed by atoms with van der Waals surface area (Å²) in [4.78, 5) is 40.5. The molecule has 3 rings (SSSR count). The lowest BCUT2D eigenvalue weighted by molar-refractivity contribution is -0.159. The van der Waals surface area contributed by atoms with Crippen molar-refractivity contribution >= 4 is 29.6 Å². The Hall–Kier alpha value is -2.78. The molecule has 2 aromatic rings. The first-order chi connectivity index (χ1) is 17.2. The van der Waals surface area contributed by atoms with Crippen molar-refractivity contribution in [1.82, 2.24) is 10.2 Å². The zero-order valence-corrected chi connectivity index (χ0v) is 22.2. The van der Waals surface area contributed by atoms with Gasteiger partial charge >= 0.3 is 11.9 Å². The molecule has 1 N–H and O–H groups in total. The molecule has 1 aromatic heterocycles. The SMILES string of the molecule is CCOC(=O)C(CCc1ccccc1)NC1CSC(c2ccco2)CN(CC(=O)OC(C)(C)C)C1=O. The van der Waals surface area contributed by atoms with Crippen molar-refractivity contribution in [2.75, 3.05) is 25.4 Å². The van der Waals surface area contributed by atoms with Crippen LogP contribution in [0.3, 0.4) is 0 Å². The second kappa shape index (κ2) is 13.0. The van der Waals surface area contributed by atoms with Gasteiger partial charge in [0.05, 0.1) is 24.2 Å². The molecule has 0 spiro atoms. The van der Waals surface area contributed by atoms with Crippen LogP contribution in [0.1, 0.15) is 50.7 Å². The van der Waals surface area contributed by atoms with E-state index < -0.39 is 29.6 Å². The van der Waals surface area contributed by atoms with Gasteiger partial charge in [0.1, 0.15) is 23.9 Å². The molecule has 1 fully saturated rings. The largest absolute Gasteiger partial charge is 0.468 e. The minimum Gasteiger partial charge on any atom is -0.468 e. The van der Waals surface area contributed by atoms with Gasteiger partial charge in [0, 0.05) is 12.3 Å². The van der Waals surface area contributed by atoms with Gasteiger partial charge in [-0.3, -0.25) is 19.7 Å². The Balaban J connectivity index is 1.78. The van der Waals surface area contributed by atoms with Crippen molar-refractivity contribution in [3.8, 4) is 0 Å². The maximum Gasteiger partial charge on any atom is 0.326 e. The normalized spacial score (nSPS) is 19.4. The lowest BCUT2D eigenvalue weighted by Crippen LogP contribution is -2.54. The summed E-state index contributed by atoms with van der Waals surface area (Å²) in [6.07, 6.45) is 2.73. The topological polar surface area (TPSA) is 98.1 Å². The lowest BCUT2D eigenvalue weighted by atomic mass is 10.0. The van der Waals surface area contributed by atoms with Crippen LogP contribution in [0.5, 0.6) is 0 Å². The van der Waals surface area contributed by atoms with Crippen molar-refractivity contribution in [2.45, 2.75) is 63.5 Å². The second-order valence-electron chi connectivity index (χ2n) is 9.69. The van der Waals surface area contributed by atoms with E-state index in [9.17, 15) is 14.4 Å². The molecule has 196 valence electrons. The number of benzene rings is 1. The van der Waals surface area contributed by atoms with E-state index in [1.807, 2.05) is 36.4 Å². The van der Waals surface area contributed by atoms with Gasteiger partial charge in [-0.05, 0) is 58.2 Å². The third kappa shape index (κ3) is 8.41. The molecule has 36 heavy (non-hydrogen) atoms. The molecule has 3 unspecified atom stereocenters. The van der Waals surface area contributed by atoms with E-state index >= 15 is 0 Å². The Morgan fingerprint density at radius 3 is 2.58 bits per heavy atom. The fourth-order valence-corrected chi connectivity index (χ4v) is 5.24. The number of carbonyl (C=O) groups excluding carboxylic acids is 3. The van der Waals surface area contributed by atoms with Gasteiger partial charge in [-0.15, -0.1) is 11.8 Å². The monoisotopic (exact) mass is 516 g/mol. The Morgan fingerprint density at radius 2 is 1.94 bits per heavy atom. The molecule has 3 atom stereocenters. The molecule has 0 aliphatic carbocycles. The van der Waals surface area contributed by atoms with Crippen molar-refractivity contribution in [3.63, 3.8) is 0 Å². The summed E-state index contributed by atoms with van der Waals surface area (Å²) < 4.78 is 16.4. The van der Waals surface area contributed by atoms with Gasteiger partial charge in [-0.2, -0.15) is 0 Å². The van der Waals surface area contributed by atoms with Crippen LogP contribution in [0.25, 0.3) is 0 Å². The number of nitrogens with one attached hydrogen (secondary N) is 1. The Morgan fingerprint density at radius 1 is 1.19 bits per heavy atom. The van der Waals surface area contributed by atoms with E-state index in [4.69, 9.17) is 13.9 Å². The van der Waals surface area contributed by atoms with E-state index in [1.54, 1.807) is 51.8 Å². The van der Waals surface area contributed by atoms with E-state index in [0.29, 0.717) is 25.1 Å². The van der Waals surface area contributed by atoms with Gasteiger partial charge < -0.3 is 18.8 Å². The third-order valence-electron chi connectivity index (χ3n) is 5.60. The summed E-state index contributed by atoms with van der Waals surface area (Å²) in [7, 11) is 0. The highest BCUT2D eigenvalue weighted by Gasteiger charge is 2.37. The van der Waals surface area contributed by atoms with Crippen LogP contribution < -0.4 is 5.32 Å². The number of carbonyl (C=O) groups is 3. The standard InChI is InChI=1S/C27H36N2O6S/c1-5-33-26(32)20(14-13-19-10-7-6-8-11-19)28-21-18-36-23(22-12-9-15-34-22)16-29(25(21)31)17-24(30)35-27(2,3)4/h6-12,15,20-21,23,28H,5,13-14,16-18H2,1-4H3. The van der Waals surface area contributed by atoms with Crippen LogP contribution in [0, 0.1) is 0 Å². The van der Waals surface area contributed by atoms with Crippen LogP contribution in [0.2, 0.25) is 0 Å². The van der Waals surface area contributed by atoms with Crippen LogP contribution >= 0.6 is 11.8 Å². The molecule has 0 saturated carbocycles. The van der Waals surface area contributed by atoms with Crippen molar-refractivity contribution in [3.05, 3.63) is 60.1 Å². The summed E-state index contributed by atoms with van der Waals surface area (Å²) in [6.45, 7) is 7.49. The average Bonchev–Trinajstić information content (AvgIpc) is 3.31. The summed E-state index contributed by atoms with van der Waals surface area (Å²) in [6, 6.07) is 12.2. The molecule has 8 nitrogen and oxygen atoms in total. The number of thioether (sulfide) groups is 1. The predicted molar refractivity (Wildman–Crippen MR) is 138 cm³/mol. The first-order valence-electron chi connectivity index (χ1n) is 12.3. The Kier molecular flexibility index (Phi) is 10.0. The molecular weight excluding hydrogens is 480 g/mol. The number of ether oxygens (including phenoxy) is 2.